The zero-order valence-corrected chi connectivity index (χ0v) is 28.6. The molecule has 1 atom stereocenters. The molecule has 1 aliphatic heterocycles. The summed E-state index contributed by atoms with van der Waals surface area (Å²) in [5, 5.41) is 19.0. The molecule has 9 aromatic rings. The van der Waals surface area contributed by atoms with Crippen molar-refractivity contribution >= 4 is 66.0 Å². The van der Waals surface area contributed by atoms with Crippen LogP contribution in [0, 0.1) is 0 Å². The van der Waals surface area contributed by atoms with E-state index in [0.29, 0.717) is 16.8 Å². The second kappa shape index (κ2) is 10.7. The van der Waals surface area contributed by atoms with Crippen LogP contribution in [0.4, 0.5) is 5.69 Å². The lowest BCUT2D eigenvalue weighted by Gasteiger charge is -2.24. The number of benzene rings is 7. The fraction of sp³-hybridized carbons (Fsp3) is 0.109. The second-order valence-corrected chi connectivity index (χ2v) is 14.7. The Bertz CT molecular complexity index is 2890. The highest BCUT2D eigenvalue weighted by Crippen LogP contribution is 2.44. The summed E-state index contributed by atoms with van der Waals surface area (Å²) in [5.74, 6) is -0.204. The molecular weight excluding hydrogens is 627 g/mol. The number of hydrogen-bond donors (Lipinski definition) is 1. The van der Waals surface area contributed by atoms with Crippen molar-refractivity contribution in [3.63, 3.8) is 0 Å². The van der Waals surface area contributed by atoms with Crippen molar-refractivity contribution in [2.24, 2.45) is 0 Å². The zero-order valence-electron chi connectivity index (χ0n) is 28.6. The Morgan fingerprint density at radius 3 is 1.80 bits per heavy atom. The van der Waals surface area contributed by atoms with Crippen LogP contribution in [0.25, 0.3) is 65.8 Å². The zero-order chi connectivity index (χ0) is 34.6. The number of carbonyl (C=O) groups excluding carboxylic acids is 1. The maximum atomic E-state index is 14.0. The summed E-state index contributed by atoms with van der Waals surface area (Å²) in [6, 6.07) is 50.5. The van der Waals surface area contributed by atoms with E-state index in [0.717, 1.165) is 55.0 Å². The minimum Gasteiger partial charge on any atom is -0.369 e. The Morgan fingerprint density at radius 2 is 1.12 bits per heavy atom. The number of aliphatic hydroxyl groups is 1. The number of carbonyl (C=O) groups is 1. The fourth-order valence-electron chi connectivity index (χ4n) is 8.24. The molecule has 10 rings (SSSR count). The number of amides is 1. The third-order valence-electron chi connectivity index (χ3n) is 10.7. The lowest BCUT2D eigenvalue weighted by atomic mass is 9.87. The number of aromatic nitrogens is 2. The molecule has 1 amide bonds. The number of anilines is 1. The molecule has 1 aliphatic rings. The van der Waals surface area contributed by atoms with Gasteiger partial charge in [-0.25, -0.2) is 0 Å². The van der Waals surface area contributed by atoms with Crippen molar-refractivity contribution in [2.75, 3.05) is 4.90 Å². The molecule has 2 aromatic heterocycles. The number of aliphatic hydroxyl groups excluding tert-OH is 1. The Hall–Kier alpha value is -6.17. The molecule has 0 spiro atoms. The third-order valence-corrected chi connectivity index (χ3v) is 10.7. The monoisotopic (exact) mass is 661 g/mol. The lowest BCUT2D eigenvalue weighted by molar-refractivity contribution is 0.0935. The topological polar surface area (TPSA) is 50.4 Å². The first-order chi connectivity index (χ1) is 24.8. The first-order valence-corrected chi connectivity index (χ1v) is 17.5. The van der Waals surface area contributed by atoms with E-state index in [1.165, 1.54) is 21.2 Å². The summed E-state index contributed by atoms with van der Waals surface area (Å²) >= 11 is 0. The predicted octanol–water partition coefficient (Wildman–Crippen LogP) is 11.0. The molecular formula is C46H35N3O2. The van der Waals surface area contributed by atoms with Crippen LogP contribution < -0.4 is 4.90 Å². The van der Waals surface area contributed by atoms with Gasteiger partial charge in [0.25, 0.3) is 5.91 Å². The van der Waals surface area contributed by atoms with Crippen LogP contribution in [-0.2, 0) is 5.41 Å². The molecule has 0 fully saturated rings. The summed E-state index contributed by atoms with van der Waals surface area (Å²) in [5.41, 5.74) is 9.16. The smallest absolute Gasteiger partial charge is 0.261 e. The van der Waals surface area contributed by atoms with Gasteiger partial charge in [-0.05, 0) is 82.4 Å². The average molecular weight is 662 g/mol. The molecule has 5 nitrogen and oxygen atoms in total. The SMILES string of the molecule is CC(C)(C)c1ccc(N2C(=O)c3cccc(-n4c5ccccc5c5cc6c(cc54)c4ccccc4n6-c4ccc5ccccc5c4)c3C2O)cc1. The highest BCUT2D eigenvalue weighted by atomic mass is 16.3. The highest BCUT2D eigenvalue weighted by Gasteiger charge is 2.39. The van der Waals surface area contributed by atoms with E-state index < -0.39 is 6.23 Å². The van der Waals surface area contributed by atoms with Gasteiger partial charge in [0.2, 0.25) is 0 Å². The Labute approximate surface area is 295 Å². The normalized spacial score (nSPS) is 14.9. The molecule has 0 radical (unpaired) electrons. The van der Waals surface area contributed by atoms with Crippen molar-refractivity contribution < 1.29 is 9.90 Å². The van der Waals surface area contributed by atoms with Crippen molar-refractivity contribution in [2.45, 2.75) is 32.4 Å². The summed E-state index contributed by atoms with van der Waals surface area (Å²) in [7, 11) is 0. The molecule has 7 aromatic carbocycles. The molecule has 3 heterocycles. The van der Waals surface area contributed by atoms with Crippen LogP contribution >= 0.6 is 0 Å². The van der Waals surface area contributed by atoms with Gasteiger partial charge < -0.3 is 14.2 Å². The van der Waals surface area contributed by atoms with Gasteiger partial charge in [0.15, 0.2) is 6.23 Å². The summed E-state index contributed by atoms with van der Waals surface area (Å²) in [6.07, 6.45) is -1.14. The Balaban J connectivity index is 1.21. The number of nitrogens with zero attached hydrogens (tertiary/aromatic N) is 3. The van der Waals surface area contributed by atoms with Crippen LogP contribution in [0.3, 0.4) is 0 Å². The Morgan fingerprint density at radius 1 is 0.529 bits per heavy atom. The van der Waals surface area contributed by atoms with Crippen molar-refractivity contribution in [3.05, 3.63) is 162 Å². The van der Waals surface area contributed by atoms with Crippen LogP contribution in [0.2, 0.25) is 0 Å². The van der Waals surface area contributed by atoms with E-state index in [2.05, 4.69) is 133 Å². The fourth-order valence-corrected chi connectivity index (χ4v) is 8.24. The summed E-state index contributed by atoms with van der Waals surface area (Å²) in [4.78, 5) is 15.6. The maximum absolute atomic E-state index is 14.0. The minimum atomic E-state index is -1.14. The molecule has 246 valence electrons. The minimum absolute atomic E-state index is 0.0218. The van der Waals surface area contributed by atoms with Gasteiger partial charge in [-0.3, -0.25) is 9.69 Å². The first kappa shape index (κ1) is 29.7. The van der Waals surface area contributed by atoms with E-state index >= 15 is 0 Å². The van der Waals surface area contributed by atoms with Gasteiger partial charge in [-0.1, -0.05) is 106 Å². The second-order valence-electron chi connectivity index (χ2n) is 14.7. The molecule has 0 saturated carbocycles. The van der Waals surface area contributed by atoms with Crippen LogP contribution in [0.15, 0.2) is 146 Å². The van der Waals surface area contributed by atoms with Crippen molar-refractivity contribution in [3.8, 4) is 11.4 Å². The predicted molar refractivity (Wildman–Crippen MR) is 210 cm³/mol. The van der Waals surface area contributed by atoms with Crippen molar-refractivity contribution in [1.29, 1.82) is 0 Å². The molecule has 0 saturated heterocycles. The number of fused-ring (bicyclic) bond motifs is 8. The van der Waals surface area contributed by atoms with Gasteiger partial charge in [0.1, 0.15) is 0 Å². The van der Waals surface area contributed by atoms with E-state index in [4.69, 9.17) is 0 Å². The standard InChI is InChI=1S/C46H35N3O2/c1-46(2,3)30-20-23-31(24-21-30)48-44(50)35-15-10-18-40(43(35)45(48)51)49-39-17-9-7-14-34(39)37-26-41-36(27-42(37)49)33-13-6-8-16-38(33)47(41)32-22-19-28-11-4-5-12-29(28)25-32/h4-27,45,51H,1-3H3. The number of rotatable bonds is 3. The van der Waals surface area contributed by atoms with Crippen LogP contribution in [-0.4, -0.2) is 20.1 Å². The molecule has 5 heteroatoms. The average Bonchev–Trinajstić information content (AvgIpc) is 3.74. The van der Waals surface area contributed by atoms with E-state index in [-0.39, 0.29) is 11.3 Å². The summed E-state index contributed by atoms with van der Waals surface area (Å²) in [6.45, 7) is 6.50. The molecule has 51 heavy (non-hydrogen) atoms. The van der Waals surface area contributed by atoms with E-state index in [9.17, 15) is 9.90 Å². The summed E-state index contributed by atoms with van der Waals surface area (Å²) < 4.78 is 4.60. The highest BCUT2D eigenvalue weighted by molar-refractivity contribution is 6.19. The largest absolute Gasteiger partial charge is 0.369 e. The molecule has 0 bridgehead atoms. The van der Waals surface area contributed by atoms with E-state index in [1.807, 2.05) is 42.5 Å². The van der Waals surface area contributed by atoms with E-state index in [1.54, 1.807) is 0 Å². The molecule has 1 unspecified atom stereocenters. The third kappa shape index (κ3) is 4.28. The maximum Gasteiger partial charge on any atom is 0.261 e. The molecule has 0 aliphatic carbocycles. The van der Waals surface area contributed by atoms with Gasteiger partial charge in [0, 0.05) is 44.0 Å². The quantitative estimate of drug-likeness (QED) is 0.205. The number of hydrogen-bond acceptors (Lipinski definition) is 2. The lowest BCUT2D eigenvalue weighted by Crippen LogP contribution is -2.27. The number of para-hydroxylation sites is 2. The van der Waals surface area contributed by atoms with Gasteiger partial charge >= 0.3 is 0 Å². The van der Waals surface area contributed by atoms with Crippen LogP contribution in [0.1, 0.15) is 48.5 Å². The first-order valence-electron chi connectivity index (χ1n) is 17.5. The van der Waals surface area contributed by atoms with Gasteiger partial charge in [-0.2, -0.15) is 0 Å². The van der Waals surface area contributed by atoms with Gasteiger partial charge in [-0.15, -0.1) is 0 Å². The Kier molecular flexibility index (Phi) is 6.21. The molecule has 1 N–H and O–H groups in total. The van der Waals surface area contributed by atoms with Crippen LogP contribution in [0.5, 0.6) is 0 Å². The van der Waals surface area contributed by atoms with Gasteiger partial charge in [0.05, 0.1) is 27.8 Å². The van der Waals surface area contributed by atoms with Crippen molar-refractivity contribution in [1.82, 2.24) is 9.13 Å².